The highest BCUT2D eigenvalue weighted by molar-refractivity contribution is 7.89. The van der Waals surface area contributed by atoms with Gasteiger partial charge in [0.25, 0.3) is 5.91 Å². The number of rotatable bonds is 3. The van der Waals surface area contributed by atoms with Crippen molar-refractivity contribution in [1.82, 2.24) is 19.3 Å². The van der Waals surface area contributed by atoms with Crippen LogP contribution in [-0.2, 0) is 10.0 Å². The second-order valence-corrected chi connectivity index (χ2v) is 8.61. The number of sulfonamides is 1. The SMILES string of the molecule is Cc1noc(C)c1S(=O)(=O)N1CCN(C(=O)c2ccc3ccccc3n2)CC1. The maximum Gasteiger partial charge on any atom is 0.272 e. The van der Waals surface area contributed by atoms with Crippen LogP contribution in [0.5, 0.6) is 0 Å². The van der Waals surface area contributed by atoms with Crippen molar-refractivity contribution in [2.75, 3.05) is 26.2 Å². The number of carbonyl (C=O) groups is 1. The highest BCUT2D eigenvalue weighted by Gasteiger charge is 2.34. The molecule has 4 rings (SSSR count). The summed E-state index contributed by atoms with van der Waals surface area (Å²) in [5.74, 6) is 0.0801. The van der Waals surface area contributed by atoms with Gasteiger partial charge in [0.15, 0.2) is 5.76 Å². The highest BCUT2D eigenvalue weighted by Crippen LogP contribution is 2.24. The van der Waals surface area contributed by atoms with Crippen molar-refractivity contribution < 1.29 is 17.7 Å². The number of aryl methyl sites for hydroxylation is 2. The molecule has 1 amide bonds. The van der Waals surface area contributed by atoms with Gasteiger partial charge in [-0.1, -0.05) is 29.4 Å². The minimum atomic E-state index is -3.70. The molecule has 9 heteroatoms. The first kappa shape index (κ1) is 18.6. The molecule has 0 N–H and O–H groups in total. The van der Waals surface area contributed by atoms with E-state index < -0.39 is 10.0 Å². The lowest BCUT2D eigenvalue weighted by atomic mass is 10.2. The zero-order valence-electron chi connectivity index (χ0n) is 15.6. The predicted octanol–water partition coefficient (Wildman–Crippen LogP) is 1.99. The van der Waals surface area contributed by atoms with E-state index in [9.17, 15) is 13.2 Å². The van der Waals surface area contributed by atoms with Crippen molar-refractivity contribution in [2.45, 2.75) is 18.7 Å². The molecule has 1 fully saturated rings. The average molecular weight is 400 g/mol. The lowest BCUT2D eigenvalue weighted by molar-refractivity contribution is 0.0692. The Morgan fingerprint density at radius 1 is 1.04 bits per heavy atom. The fraction of sp³-hybridized carbons (Fsp3) is 0.316. The molecular weight excluding hydrogens is 380 g/mol. The van der Waals surface area contributed by atoms with Crippen LogP contribution in [0.2, 0.25) is 0 Å². The number of fused-ring (bicyclic) bond motifs is 1. The van der Waals surface area contributed by atoms with Crippen LogP contribution in [0.15, 0.2) is 45.8 Å². The number of benzene rings is 1. The molecule has 0 bridgehead atoms. The minimum absolute atomic E-state index is 0.114. The van der Waals surface area contributed by atoms with Crippen molar-refractivity contribution in [3.05, 3.63) is 53.5 Å². The predicted molar refractivity (Wildman–Crippen MR) is 102 cm³/mol. The molecule has 0 unspecified atom stereocenters. The Balaban J connectivity index is 1.49. The van der Waals surface area contributed by atoms with E-state index in [0.717, 1.165) is 10.9 Å². The number of nitrogens with zero attached hydrogens (tertiary/aromatic N) is 4. The van der Waals surface area contributed by atoms with Crippen LogP contribution in [-0.4, -0.2) is 59.8 Å². The van der Waals surface area contributed by atoms with Crippen LogP contribution >= 0.6 is 0 Å². The third-order valence-electron chi connectivity index (χ3n) is 4.91. The topological polar surface area (TPSA) is 96.6 Å². The maximum atomic E-state index is 12.9. The lowest BCUT2D eigenvalue weighted by Crippen LogP contribution is -2.50. The number of piperazine rings is 1. The molecule has 0 aliphatic carbocycles. The zero-order chi connectivity index (χ0) is 19.9. The second-order valence-electron chi connectivity index (χ2n) is 6.74. The lowest BCUT2D eigenvalue weighted by Gasteiger charge is -2.33. The summed E-state index contributed by atoms with van der Waals surface area (Å²) >= 11 is 0. The number of pyridine rings is 1. The van der Waals surface area contributed by atoms with E-state index in [-0.39, 0.29) is 29.7 Å². The Bertz CT molecular complexity index is 1130. The summed E-state index contributed by atoms with van der Waals surface area (Å²) in [6.45, 7) is 4.22. The number of hydrogen-bond donors (Lipinski definition) is 0. The van der Waals surface area contributed by atoms with Gasteiger partial charge in [0.1, 0.15) is 16.3 Å². The Labute approximate surface area is 162 Å². The zero-order valence-corrected chi connectivity index (χ0v) is 16.4. The summed E-state index contributed by atoms with van der Waals surface area (Å²) in [5, 5.41) is 4.70. The summed E-state index contributed by atoms with van der Waals surface area (Å²) in [7, 11) is -3.70. The number of aromatic nitrogens is 2. The third-order valence-corrected chi connectivity index (χ3v) is 7.05. The largest absolute Gasteiger partial charge is 0.360 e. The summed E-state index contributed by atoms with van der Waals surface area (Å²) in [5.41, 5.74) is 1.46. The molecule has 28 heavy (non-hydrogen) atoms. The van der Waals surface area contributed by atoms with Crippen LogP contribution in [0.4, 0.5) is 0 Å². The minimum Gasteiger partial charge on any atom is -0.360 e. The molecule has 0 radical (unpaired) electrons. The fourth-order valence-corrected chi connectivity index (χ4v) is 5.16. The Morgan fingerprint density at radius 3 is 2.43 bits per heavy atom. The van der Waals surface area contributed by atoms with Gasteiger partial charge in [-0.25, -0.2) is 13.4 Å². The third kappa shape index (κ3) is 3.16. The van der Waals surface area contributed by atoms with E-state index in [1.54, 1.807) is 24.8 Å². The summed E-state index contributed by atoms with van der Waals surface area (Å²) in [6, 6.07) is 11.2. The van der Waals surface area contributed by atoms with Gasteiger partial charge in [-0.2, -0.15) is 4.31 Å². The van der Waals surface area contributed by atoms with Crippen LogP contribution in [0.25, 0.3) is 10.9 Å². The van der Waals surface area contributed by atoms with Crippen molar-refractivity contribution in [2.24, 2.45) is 0 Å². The van der Waals surface area contributed by atoms with Crippen molar-refractivity contribution in [3.8, 4) is 0 Å². The molecule has 0 saturated carbocycles. The van der Waals surface area contributed by atoms with Gasteiger partial charge in [-0.15, -0.1) is 0 Å². The first-order valence-corrected chi connectivity index (χ1v) is 10.4. The molecule has 1 aromatic carbocycles. The van der Waals surface area contributed by atoms with E-state index in [1.807, 2.05) is 30.3 Å². The number of amides is 1. The van der Waals surface area contributed by atoms with Gasteiger partial charge in [-0.3, -0.25) is 4.79 Å². The molecule has 0 spiro atoms. The van der Waals surface area contributed by atoms with Gasteiger partial charge in [-0.05, 0) is 26.0 Å². The van der Waals surface area contributed by atoms with Crippen LogP contribution in [0, 0.1) is 13.8 Å². The molecular formula is C19H20N4O4S. The monoisotopic (exact) mass is 400 g/mol. The molecule has 0 atom stereocenters. The van der Waals surface area contributed by atoms with Crippen molar-refractivity contribution in [3.63, 3.8) is 0 Å². The molecule has 2 aromatic heterocycles. The summed E-state index contributed by atoms with van der Waals surface area (Å²) < 4.78 is 32.2. The maximum absolute atomic E-state index is 12.9. The van der Waals surface area contributed by atoms with Crippen molar-refractivity contribution >= 4 is 26.8 Å². The van der Waals surface area contributed by atoms with Crippen LogP contribution < -0.4 is 0 Å². The molecule has 3 aromatic rings. The molecule has 1 aliphatic heterocycles. The van der Waals surface area contributed by atoms with Gasteiger partial charge in [0, 0.05) is 31.6 Å². The first-order valence-electron chi connectivity index (χ1n) is 8.96. The molecule has 1 aliphatic rings. The first-order chi connectivity index (χ1) is 13.4. The molecule has 1 saturated heterocycles. The average Bonchev–Trinajstić information content (AvgIpc) is 3.06. The van der Waals surface area contributed by atoms with E-state index >= 15 is 0 Å². The Kier molecular flexibility index (Phi) is 4.64. The number of para-hydroxylation sites is 1. The molecule has 8 nitrogen and oxygen atoms in total. The summed E-state index contributed by atoms with van der Waals surface area (Å²) in [4.78, 5) is 19.0. The smallest absolute Gasteiger partial charge is 0.272 e. The molecule has 146 valence electrons. The van der Waals surface area contributed by atoms with Gasteiger partial charge in [0.05, 0.1) is 5.52 Å². The van der Waals surface area contributed by atoms with Crippen molar-refractivity contribution in [1.29, 1.82) is 0 Å². The number of carbonyl (C=O) groups excluding carboxylic acids is 1. The van der Waals surface area contributed by atoms with E-state index in [1.165, 1.54) is 4.31 Å². The van der Waals surface area contributed by atoms with Gasteiger partial charge < -0.3 is 9.42 Å². The van der Waals surface area contributed by atoms with E-state index in [4.69, 9.17) is 4.52 Å². The van der Waals surface area contributed by atoms with Gasteiger partial charge in [0.2, 0.25) is 10.0 Å². The molecule has 3 heterocycles. The summed E-state index contributed by atoms with van der Waals surface area (Å²) in [6.07, 6.45) is 0. The second kappa shape index (κ2) is 6.99. The van der Waals surface area contributed by atoms with E-state index in [2.05, 4.69) is 10.1 Å². The highest BCUT2D eigenvalue weighted by atomic mass is 32.2. The standard InChI is InChI=1S/C19H20N4O4S/c1-13-18(14(2)27-21-13)28(25,26)23-11-9-22(10-12-23)19(24)17-8-7-15-5-3-4-6-16(15)20-17/h3-8H,9-12H2,1-2H3. The Morgan fingerprint density at radius 2 is 1.75 bits per heavy atom. The fourth-order valence-electron chi connectivity index (χ4n) is 3.45. The van der Waals surface area contributed by atoms with Crippen LogP contribution in [0.1, 0.15) is 21.9 Å². The normalized spacial score (nSPS) is 15.9. The van der Waals surface area contributed by atoms with E-state index in [0.29, 0.717) is 24.5 Å². The van der Waals surface area contributed by atoms with Gasteiger partial charge >= 0.3 is 0 Å². The number of hydrogen-bond acceptors (Lipinski definition) is 6. The Hall–Kier alpha value is -2.78. The van der Waals surface area contributed by atoms with Crippen LogP contribution in [0.3, 0.4) is 0 Å². The quantitative estimate of drug-likeness (QED) is 0.667.